The molecule has 1 aliphatic rings. The zero-order valence-corrected chi connectivity index (χ0v) is 9.89. The van der Waals surface area contributed by atoms with Crippen molar-refractivity contribution >= 4 is 12.1 Å². The number of carbonyl (C=O) groups excluding carboxylic acids is 1. The summed E-state index contributed by atoms with van der Waals surface area (Å²) in [6.45, 7) is 3.83. The lowest BCUT2D eigenvalue weighted by atomic mass is 9.82. The maximum atomic E-state index is 11.9. The fourth-order valence-corrected chi connectivity index (χ4v) is 2.54. The fraction of sp³-hybridized carbons (Fsp3) is 0.636. The van der Waals surface area contributed by atoms with Gasteiger partial charge in [0, 0.05) is 13.1 Å². The summed E-state index contributed by atoms with van der Waals surface area (Å²) in [6, 6.07) is 0. The number of methoxy groups -OCH3 is 1. The largest absolute Gasteiger partial charge is 0.467 e. The van der Waals surface area contributed by atoms with E-state index in [-0.39, 0.29) is 12.5 Å². The number of hydrogen-bond donors (Lipinski definition) is 2. The van der Waals surface area contributed by atoms with Crippen LogP contribution in [-0.2, 0) is 9.53 Å². The molecule has 2 atom stereocenters. The lowest BCUT2D eigenvalue weighted by molar-refractivity contribution is -0.154. The van der Waals surface area contributed by atoms with Gasteiger partial charge in [-0.2, -0.15) is 0 Å². The third-order valence-electron chi connectivity index (χ3n) is 3.39. The molecule has 0 saturated carbocycles. The van der Waals surface area contributed by atoms with E-state index in [1.54, 1.807) is 6.08 Å². The van der Waals surface area contributed by atoms with Crippen LogP contribution in [-0.4, -0.2) is 47.8 Å². The van der Waals surface area contributed by atoms with E-state index in [0.717, 1.165) is 4.90 Å². The third kappa shape index (κ3) is 2.00. The SMILES string of the molecule is C=CCC1CCN(C(=O)O)C1(CN)C(=O)OC. The zero-order valence-electron chi connectivity index (χ0n) is 9.89. The summed E-state index contributed by atoms with van der Waals surface area (Å²) in [5, 5.41) is 9.15. The molecule has 0 spiro atoms. The molecule has 1 heterocycles. The molecule has 1 aliphatic heterocycles. The minimum atomic E-state index is -1.27. The number of nitrogens with zero attached hydrogens (tertiary/aromatic N) is 1. The minimum absolute atomic E-state index is 0.0789. The molecule has 3 N–H and O–H groups in total. The average Bonchev–Trinajstić information content (AvgIpc) is 2.68. The van der Waals surface area contributed by atoms with E-state index in [1.165, 1.54) is 7.11 Å². The second-order valence-electron chi connectivity index (χ2n) is 4.06. The molecule has 0 aromatic heterocycles. The first-order valence-corrected chi connectivity index (χ1v) is 5.44. The number of esters is 1. The van der Waals surface area contributed by atoms with Crippen molar-refractivity contribution in [2.45, 2.75) is 18.4 Å². The quantitative estimate of drug-likeness (QED) is 0.551. The lowest BCUT2D eigenvalue weighted by Crippen LogP contribution is -2.61. The van der Waals surface area contributed by atoms with E-state index in [9.17, 15) is 9.59 Å². The van der Waals surface area contributed by atoms with Gasteiger partial charge in [0.25, 0.3) is 0 Å². The Morgan fingerprint density at radius 1 is 1.71 bits per heavy atom. The molecular weight excluding hydrogens is 224 g/mol. The van der Waals surface area contributed by atoms with Crippen molar-refractivity contribution in [2.75, 3.05) is 20.2 Å². The predicted octanol–water partition coefficient (Wildman–Crippen LogP) is 0.433. The van der Waals surface area contributed by atoms with Crippen LogP contribution in [0, 0.1) is 5.92 Å². The standard InChI is InChI=1S/C11H18N2O4/c1-3-4-8-5-6-13(10(15)16)11(8,7-12)9(14)17-2/h3,8H,1,4-7,12H2,2H3,(H,15,16). The summed E-state index contributed by atoms with van der Waals surface area (Å²) in [4.78, 5) is 24.2. The average molecular weight is 242 g/mol. The first kappa shape index (κ1) is 13.5. The predicted molar refractivity (Wildman–Crippen MR) is 61.5 cm³/mol. The summed E-state index contributed by atoms with van der Waals surface area (Å²) < 4.78 is 4.73. The Labute approximate surface area is 100 Å². The summed E-state index contributed by atoms with van der Waals surface area (Å²) in [5.74, 6) is -0.764. The number of rotatable bonds is 4. The number of amides is 1. The van der Waals surface area contributed by atoms with Crippen LogP contribution < -0.4 is 5.73 Å². The van der Waals surface area contributed by atoms with Crippen LogP contribution in [0.15, 0.2) is 12.7 Å². The molecule has 6 heteroatoms. The Kier molecular flexibility index (Phi) is 4.11. The van der Waals surface area contributed by atoms with Gasteiger partial charge in [0.2, 0.25) is 0 Å². The van der Waals surface area contributed by atoms with Crippen molar-refractivity contribution in [3.63, 3.8) is 0 Å². The number of likely N-dealkylation sites (tertiary alicyclic amines) is 1. The Hall–Kier alpha value is -1.56. The lowest BCUT2D eigenvalue weighted by Gasteiger charge is -2.36. The van der Waals surface area contributed by atoms with Gasteiger partial charge in [-0.1, -0.05) is 6.08 Å². The van der Waals surface area contributed by atoms with Gasteiger partial charge < -0.3 is 15.6 Å². The summed E-state index contributed by atoms with van der Waals surface area (Å²) >= 11 is 0. The molecular formula is C11H18N2O4. The molecule has 1 fully saturated rings. The maximum Gasteiger partial charge on any atom is 0.408 e. The van der Waals surface area contributed by atoms with Crippen molar-refractivity contribution < 1.29 is 19.4 Å². The van der Waals surface area contributed by atoms with Crippen LogP contribution in [0.5, 0.6) is 0 Å². The first-order valence-electron chi connectivity index (χ1n) is 5.44. The van der Waals surface area contributed by atoms with E-state index in [0.29, 0.717) is 19.4 Å². The number of hydrogen-bond acceptors (Lipinski definition) is 4. The van der Waals surface area contributed by atoms with E-state index >= 15 is 0 Å². The number of carbonyl (C=O) groups is 2. The van der Waals surface area contributed by atoms with Crippen LogP contribution in [0.4, 0.5) is 4.79 Å². The Bertz CT molecular complexity index is 331. The van der Waals surface area contributed by atoms with E-state index in [2.05, 4.69) is 6.58 Å². The van der Waals surface area contributed by atoms with Crippen LogP contribution in [0.2, 0.25) is 0 Å². The van der Waals surface area contributed by atoms with Gasteiger partial charge in [-0.15, -0.1) is 6.58 Å². The van der Waals surface area contributed by atoms with Crippen LogP contribution in [0.25, 0.3) is 0 Å². The number of carboxylic acid groups (broad SMARTS) is 1. The fourth-order valence-electron chi connectivity index (χ4n) is 2.54. The molecule has 0 aromatic rings. The maximum absolute atomic E-state index is 11.9. The number of allylic oxidation sites excluding steroid dienone is 1. The second-order valence-corrected chi connectivity index (χ2v) is 4.06. The Balaban J connectivity index is 3.16. The molecule has 0 aliphatic carbocycles. The van der Waals surface area contributed by atoms with Crippen LogP contribution in [0.1, 0.15) is 12.8 Å². The highest BCUT2D eigenvalue weighted by Gasteiger charge is 2.56. The highest BCUT2D eigenvalue weighted by Crippen LogP contribution is 2.38. The zero-order chi connectivity index (χ0) is 13.1. The molecule has 1 rings (SSSR count). The first-order chi connectivity index (χ1) is 8.04. The van der Waals surface area contributed by atoms with Crippen LogP contribution >= 0.6 is 0 Å². The molecule has 6 nitrogen and oxygen atoms in total. The third-order valence-corrected chi connectivity index (χ3v) is 3.39. The van der Waals surface area contributed by atoms with E-state index < -0.39 is 17.6 Å². The molecule has 96 valence electrons. The van der Waals surface area contributed by atoms with E-state index in [1.807, 2.05) is 0 Å². The summed E-state index contributed by atoms with van der Waals surface area (Å²) in [6.07, 6.45) is 1.65. The number of nitrogens with two attached hydrogens (primary N) is 1. The molecule has 1 amide bonds. The van der Waals surface area contributed by atoms with Crippen molar-refractivity contribution in [3.05, 3.63) is 12.7 Å². The van der Waals surface area contributed by atoms with Crippen LogP contribution in [0.3, 0.4) is 0 Å². The number of ether oxygens (including phenoxy) is 1. The topological polar surface area (TPSA) is 92.9 Å². The second kappa shape index (κ2) is 5.18. The summed E-state index contributed by atoms with van der Waals surface area (Å²) in [5.41, 5.74) is 4.38. The van der Waals surface area contributed by atoms with E-state index in [4.69, 9.17) is 15.6 Å². The van der Waals surface area contributed by atoms with Gasteiger partial charge in [0.15, 0.2) is 5.54 Å². The molecule has 17 heavy (non-hydrogen) atoms. The Morgan fingerprint density at radius 3 is 2.76 bits per heavy atom. The van der Waals surface area contributed by atoms with Gasteiger partial charge in [-0.3, -0.25) is 4.90 Å². The van der Waals surface area contributed by atoms with Crippen molar-refractivity contribution in [2.24, 2.45) is 11.7 Å². The smallest absolute Gasteiger partial charge is 0.408 e. The summed E-state index contributed by atoms with van der Waals surface area (Å²) in [7, 11) is 1.24. The van der Waals surface area contributed by atoms with Crippen molar-refractivity contribution in [1.29, 1.82) is 0 Å². The normalized spacial score (nSPS) is 27.9. The van der Waals surface area contributed by atoms with Crippen molar-refractivity contribution in [3.8, 4) is 0 Å². The molecule has 0 aromatic carbocycles. The Morgan fingerprint density at radius 2 is 2.35 bits per heavy atom. The molecule has 0 bridgehead atoms. The molecule has 2 unspecified atom stereocenters. The van der Waals surface area contributed by atoms with Gasteiger partial charge in [0.1, 0.15) is 0 Å². The van der Waals surface area contributed by atoms with Gasteiger partial charge >= 0.3 is 12.1 Å². The van der Waals surface area contributed by atoms with Crippen molar-refractivity contribution in [1.82, 2.24) is 4.90 Å². The molecule has 1 saturated heterocycles. The van der Waals surface area contributed by atoms with Gasteiger partial charge in [-0.25, -0.2) is 9.59 Å². The molecule has 0 radical (unpaired) electrons. The van der Waals surface area contributed by atoms with Gasteiger partial charge in [0.05, 0.1) is 7.11 Å². The minimum Gasteiger partial charge on any atom is -0.467 e. The highest BCUT2D eigenvalue weighted by molar-refractivity contribution is 5.87. The highest BCUT2D eigenvalue weighted by atomic mass is 16.5. The monoisotopic (exact) mass is 242 g/mol. The van der Waals surface area contributed by atoms with Gasteiger partial charge in [-0.05, 0) is 18.8 Å².